The average Bonchev–Trinajstić information content (AvgIpc) is 3.03. The summed E-state index contributed by atoms with van der Waals surface area (Å²) in [4.78, 5) is 17.5. The van der Waals surface area contributed by atoms with E-state index in [-0.39, 0.29) is 12.4 Å². The fraction of sp³-hybridized carbons (Fsp3) is 0.136. The molecule has 0 unspecified atom stereocenters. The molecule has 2 aromatic carbocycles. The number of hydrogen-bond donors (Lipinski definition) is 0. The third-order valence-electron chi connectivity index (χ3n) is 4.60. The van der Waals surface area contributed by atoms with E-state index < -0.39 is 5.97 Å². The first-order valence-electron chi connectivity index (χ1n) is 8.77. The van der Waals surface area contributed by atoms with Gasteiger partial charge in [-0.25, -0.2) is 14.2 Å². The zero-order valence-electron chi connectivity index (χ0n) is 15.4. The summed E-state index contributed by atoms with van der Waals surface area (Å²) in [6, 6.07) is 15.0. The van der Waals surface area contributed by atoms with E-state index in [1.54, 1.807) is 32.0 Å². The van der Waals surface area contributed by atoms with Crippen LogP contribution in [0.5, 0.6) is 0 Å². The lowest BCUT2D eigenvalue weighted by Gasteiger charge is -2.10. The number of rotatable bonds is 4. The standard InChI is InChI=1S/C22H17FN2O3/c1-13-19(14(2)28-25-13)12-27-22(26)18-11-21(15-7-9-16(23)10-8-15)24-20-6-4-3-5-17(18)20/h3-11H,12H2,1-2H3. The minimum Gasteiger partial charge on any atom is -0.457 e. The lowest BCUT2D eigenvalue weighted by atomic mass is 10.0. The summed E-state index contributed by atoms with van der Waals surface area (Å²) in [6.45, 7) is 3.65. The summed E-state index contributed by atoms with van der Waals surface area (Å²) in [5.41, 5.74) is 3.79. The normalized spacial score (nSPS) is 11.0. The van der Waals surface area contributed by atoms with Crippen LogP contribution in [0.15, 0.2) is 59.1 Å². The van der Waals surface area contributed by atoms with Crippen molar-refractivity contribution in [3.63, 3.8) is 0 Å². The van der Waals surface area contributed by atoms with Gasteiger partial charge in [-0.3, -0.25) is 0 Å². The molecule has 5 nitrogen and oxygen atoms in total. The maximum atomic E-state index is 13.3. The van der Waals surface area contributed by atoms with Gasteiger partial charge >= 0.3 is 5.97 Å². The van der Waals surface area contributed by atoms with E-state index in [4.69, 9.17) is 9.26 Å². The molecule has 0 amide bonds. The molecule has 0 saturated carbocycles. The van der Waals surface area contributed by atoms with Crippen molar-refractivity contribution < 1.29 is 18.4 Å². The van der Waals surface area contributed by atoms with Gasteiger partial charge in [0, 0.05) is 10.9 Å². The first-order chi connectivity index (χ1) is 13.5. The highest BCUT2D eigenvalue weighted by atomic mass is 19.1. The van der Waals surface area contributed by atoms with E-state index in [0.717, 1.165) is 5.56 Å². The van der Waals surface area contributed by atoms with Crippen LogP contribution in [-0.4, -0.2) is 16.1 Å². The van der Waals surface area contributed by atoms with Gasteiger partial charge in [-0.1, -0.05) is 23.4 Å². The molecule has 28 heavy (non-hydrogen) atoms. The molecule has 2 aromatic heterocycles. The molecule has 0 aliphatic carbocycles. The molecule has 0 spiro atoms. The van der Waals surface area contributed by atoms with Gasteiger partial charge in [0.15, 0.2) is 0 Å². The van der Waals surface area contributed by atoms with E-state index in [2.05, 4.69) is 10.1 Å². The van der Waals surface area contributed by atoms with Gasteiger partial charge in [-0.2, -0.15) is 0 Å². The Kier molecular flexibility index (Phi) is 4.61. The van der Waals surface area contributed by atoms with E-state index in [0.29, 0.717) is 39.2 Å². The molecular formula is C22H17FN2O3. The molecule has 0 N–H and O–H groups in total. The number of aromatic nitrogens is 2. The second-order valence-electron chi connectivity index (χ2n) is 6.46. The molecule has 4 rings (SSSR count). The van der Waals surface area contributed by atoms with Crippen molar-refractivity contribution >= 4 is 16.9 Å². The number of benzene rings is 2. The van der Waals surface area contributed by atoms with E-state index in [1.165, 1.54) is 12.1 Å². The summed E-state index contributed by atoms with van der Waals surface area (Å²) in [6.07, 6.45) is 0. The second-order valence-corrected chi connectivity index (χ2v) is 6.46. The van der Waals surface area contributed by atoms with Crippen molar-refractivity contribution in [3.8, 4) is 11.3 Å². The second kappa shape index (κ2) is 7.23. The van der Waals surface area contributed by atoms with Gasteiger partial charge in [0.2, 0.25) is 0 Å². The van der Waals surface area contributed by atoms with Gasteiger partial charge in [0.25, 0.3) is 0 Å². The molecule has 0 atom stereocenters. The topological polar surface area (TPSA) is 65.2 Å². The Labute approximate surface area is 160 Å². The first kappa shape index (κ1) is 17.9. The third-order valence-corrected chi connectivity index (χ3v) is 4.60. The number of esters is 1. The van der Waals surface area contributed by atoms with Crippen LogP contribution in [0.25, 0.3) is 22.2 Å². The molecule has 6 heteroatoms. The van der Waals surface area contributed by atoms with Crippen LogP contribution < -0.4 is 0 Å². The summed E-state index contributed by atoms with van der Waals surface area (Å²) < 4.78 is 23.9. The SMILES string of the molecule is Cc1noc(C)c1COC(=O)c1cc(-c2ccc(F)cc2)nc2ccccc12. The van der Waals surface area contributed by atoms with Crippen molar-refractivity contribution in [2.75, 3.05) is 0 Å². The molecule has 0 saturated heterocycles. The number of hydrogen-bond acceptors (Lipinski definition) is 5. The number of fused-ring (bicyclic) bond motifs is 1. The van der Waals surface area contributed by atoms with Gasteiger partial charge in [0.05, 0.1) is 28.0 Å². The Morgan fingerprint density at radius 1 is 1.11 bits per heavy atom. The lowest BCUT2D eigenvalue weighted by Crippen LogP contribution is -2.08. The molecule has 0 aliphatic rings. The number of halogens is 1. The number of carbonyl (C=O) groups excluding carboxylic acids is 1. The van der Waals surface area contributed by atoms with E-state index in [1.807, 2.05) is 24.3 Å². The van der Waals surface area contributed by atoms with Gasteiger partial charge in [-0.15, -0.1) is 0 Å². The van der Waals surface area contributed by atoms with Crippen molar-refractivity contribution in [1.29, 1.82) is 0 Å². The summed E-state index contributed by atoms with van der Waals surface area (Å²) in [5, 5.41) is 4.56. The lowest BCUT2D eigenvalue weighted by molar-refractivity contribution is 0.0473. The molecule has 0 bridgehead atoms. The van der Waals surface area contributed by atoms with Crippen LogP contribution in [0, 0.1) is 19.7 Å². The van der Waals surface area contributed by atoms with Crippen LogP contribution in [-0.2, 0) is 11.3 Å². The molecular weight excluding hydrogens is 359 g/mol. The zero-order chi connectivity index (χ0) is 19.7. The van der Waals surface area contributed by atoms with E-state index >= 15 is 0 Å². The van der Waals surface area contributed by atoms with Crippen LogP contribution in [0.3, 0.4) is 0 Å². The fourth-order valence-corrected chi connectivity index (χ4v) is 3.04. The number of para-hydroxylation sites is 1. The Morgan fingerprint density at radius 2 is 1.86 bits per heavy atom. The monoisotopic (exact) mass is 376 g/mol. The van der Waals surface area contributed by atoms with Gasteiger partial charge in [0.1, 0.15) is 18.2 Å². The average molecular weight is 376 g/mol. The minimum atomic E-state index is -0.470. The highest BCUT2D eigenvalue weighted by Crippen LogP contribution is 2.26. The summed E-state index contributed by atoms with van der Waals surface area (Å²) in [7, 11) is 0. The van der Waals surface area contributed by atoms with E-state index in [9.17, 15) is 9.18 Å². The van der Waals surface area contributed by atoms with Crippen molar-refractivity contribution in [1.82, 2.24) is 10.1 Å². The number of aryl methyl sites for hydroxylation is 2. The highest BCUT2D eigenvalue weighted by molar-refractivity contribution is 6.04. The number of carbonyl (C=O) groups is 1. The fourth-order valence-electron chi connectivity index (χ4n) is 3.04. The maximum Gasteiger partial charge on any atom is 0.339 e. The number of nitrogens with zero attached hydrogens (tertiary/aromatic N) is 2. The largest absolute Gasteiger partial charge is 0.457 e. The molecule has 0 fully saturated rings. The van der Waals surface area contributed by atoms with Crippen LogP contribution in [0.2, 0.25) is 0 Å². The predicted octanol–water partition coefficient (Wildman–Crippen LogP) is 5.00. The maximum absolute atomic E-state index is 13.3. The highest BCUT2D eigenvalue weighted by Gasteiger charge is 2.17. The molecule has 2 heterocycles. The van der Waals surface area contributed by atoms with Gasteiger partial charge in [-0.05, 0) is 50.2 Å². The smallest absolute Gasteiger partial charge is 0.339 e. The summed E-state index contributed by atoms with van der Waals surface area (Å²) in [5.74, 6) is -0.178. The number of pyridine rings is 1. The summed E-state index contributed by atoms with van der Waals surface area (Å²) >= 11 is 0. The predicted molar refractivity (Wildman–Crippen MR) is 102 cm³/mol. The number of ether oxygens (including phenoxy) is 1. The van der Waals surface area contributed by atoms with Crippen LogP contribution in [0.1, 0.15) is 27.4 Å². The van der Waals surface area contributed by atoms with Crippen molar-refractivity contribution in [2.45, 2.75) is 20.5 Å². The Balaban J connectivity index is 1.72. The Bertz CT molecular complexity index is 1150. The minimum absolute atomic E-state index is 0.0720. The quantitative estimate of drug-likeness (QED) is 0.469. The molecule has 140 valence electrons. The molecule has 4 aromatic rings. The molecule has 0 radical (unpaired) electrons. The third kappa shape index (κ3) is 3.36. The van der Waals surface area contributed by atoms with Crippen LogP contribution >= 0.6 is 0 Å². The Morgan fingerprint density at radius 3 is 2.57 bits per heavy atom. The van der Waals surface area contributed by atoms with Crippen molar-refractivity contribution in [3.05, 3.63) is 83.0 Å². The van der Waals surface area contributed by atoms with Crippen molar-refractivity contribution in [2.24, 2.45) is 0 Å². The molecule has 0 aliphatic heterocycles. The van der Waals surface area contributed by atoms with Crippen LogP contribution in [0.4, 0.5) is 4.39 Å². The Hall–Kier alpha value is -3.54. The van der Waals surface area contributed by atoms with Gasteiger partial charge < -0.3 is 9.26 Å². The zero-order valence-corrected chi connectivity index (χ0v) is 15.4. The first-order valence-corrected chi connectivity index (χ1v) is 8.77.